The summed E-state index contributed by atoms with van der Waals surface area (Å²) in [5, 5.41) is 12.9. The first kappa shape index (κ1) is 9.42. The highest BCUT2D eigenvalue weighted by atomic mass is 19.4. The van der Waals surface area contributed by atoms with Crippen LogP contribution in [0.2, 0.25) is 0 Å². The van der Waals surface area contributed by atoms with Gasteiger partial charge in [0.1, 0.15) is 0 Å². The van der Waals surface area contributed by atoms with E-state index in [1.165, 1.54) is 0 Å². The smallest absolute Gasteiger partial charge is 0.390 e. The number of aromatic nitrogens is 3. The molecule has 1 heterocycles. The molecule has 0 fully saturated rings. The summed E-state index contributed by atoms with van der Waals surface area (Å²) in [6.45, 7) is -1.38. The van der Waals surface area contributed by atoms with E-state index in [1.807, 2.05) is 0 Å². The zero-order chi connectivity index (χ0) is 10.1. The van der Waals surface area contributed by atoms with Crippen LogP contribution in [0.15, 0.2) is 6.33 Å². The lowest BCUT2D eigenvalue weighted by Gasteiger charge is -2.01. The Hall–Kier alpha value is -1.67. The number of rotatable bonds is 2. The lowest BCUT2D eigenvalue weighted by atomic mass is 10.6. The molecule has 1 rings (SSSR count). The van der Waals surface area contributed by atoms with Gasteiger partial charge >= 0.3 is 12.1 Å². The lowest BCUT2D eigenvalue weighted by molar-refractivity contribution is -0.394. The van der Waals surface area contributed by atoms with E-state index in [-0.39, 0.29) is 0 Å². The van der Waals surface area contributed by atoms with Crippen LogP contribution >= 0.6 is 0 Å². The number of hydrogen-bond donors (Lipinski definition) is 0. The average Bonchev–Trinajstić information content (AvgIpc) is 2.31. The predicted octanol–water partition coefficient (Wildman–Crippen LogP) is 0.749. The largest absolute Gasteiger partial charge is 0.490 e. The topological polar surface area (TPSA) is 73.8 Å². The Morgan fingerprint density at radius 3 is 2.62 bits per heavy atom. The Balaban J connectivity index is 2.75. The molecule has 0 amide bonds. The standard InChI is InChI=1S/C4H3F3N4O2/c5-4(6,7)1-10-2-8-3(9-10)11(12)13/h2H,1H2. The van der Waals surface area contributed by atoms with Crippen molar-refractivity contribution in [3.63, 3.8) is 0 Å². The van der Waals surface area contributed by atoms with Gasteiger partial charge in [0.25, 0.3) is 0 Å². The van der Waals surface area contributed by atoms with Gasteiger partial charge < -0.3 is 10.1 Å². The van der Waals surface area contributed by atoms with E-state index in [0.717, 1.165) is 0 Å². The van der Waals surface area contributed by atoms with Crippen molar-refractivity contribution in [3.05, 3.63) is 16.4 Å². The van der Waals surface area contributed by atoms with Crippen LogP contribution in [0.5, 0.6) is 0 Å². The molecule has 0 spiro atoms. The van der Waals surface area contributed by atoms with E-state index < -0.39 is 23.6 Å². The molecule has 9 heteroatoms. The second kappa shape index (κ2) is 2.99. The van der Waals surface area contributed by atoms with E-state index in [0.29, 0.717) is 11.0 Å². The molecule has 0 bridgehead atoms. The molecular formula is C4H3F3N4O2. The third-order valence-corrected chi connectivity index (χ3v) is 1.03. The van der Waals surface area contributed by atoms with Gasteiger partial charge in [0.15, 0.2) is 6.54 Å². The van der Waals surface area contributed by atoms with E-state index in [9.17, 15) is 23.3 Å². The van der Waals surface area contributed by atoms with E-state index >= 15 is 0 Å². The quantitative estimate of drug-likeness (QED) is 0.516. The molecule has 0 radical (unpaired) electrons. The van der Waals surface area contributed by atoms with Crippen LogP contribution in [0.3, 0.4) is 0 Å². The monoisotopic (exact) mass is 196 g/mol. The molecule has 0 saturated carbocycles. The van der Waals surface area contributed by atoms with Crippen LogP contribution in [0.25, 0.3) is 0 Å². The summed E-state index contributed by atoms with van der Waals surface area (Å²) in [5.41, 5.74) is 0. The van der Waals surface area contributed by atoms with Gasteiger partial charge in [0, 0.05) is 5.10 Å². The number of alkyl halides is 3. The number of halogens is 3. The molecule has 0 unspecified atom stereocenters. The average molecular weight is 196 g/mol. The number of hydrogen-bond acceptors (Lipinski definition) is 4. The van der Waals surface area contributed by atoms with Crippen molar-refractivity contribution in [1.29, 1.82) is 0 Å². The second-order valence-corrected chi connectivity index (χ2v) is 2.11. The molecule has 6 nitrogen and oxygen atoms in total. The van der Waals surface area contributed by atoms with Gasteiger partial charge in [-0.05, 0) is 4.92 Å². The molecule has 0 aliphatic carbocycles. The molecule has 0 aliphatic heterocycles. The van der Waals surface area contributed by atoms with Crippen molar-refractivity contribution < 1.29 is 18.1 Å². The maximum Gasteiger partial charge on any atom is 0.490 e. The highest BCUT2D eigenvalue weighted by Gasteiger charge is 2.30. The summed E-state index contributed by atoms with van der Waals surface area (Å²) in [6.07, 6.45) is -3.80. The van der Waals surface area contributed by atoms with Crippen LogP contribution in [0, 0.1) is 10.1 Å². The Morgan fingerprint density at radius 1 is 1.62 bits per heavy atom. The Morgan fingerprint density at radius 2 is 2.23 bits per heavy atom. The van der Waals surface area contributed by atoms with Crippen molar-refractivity contribution >= 4 is 5.95 Å². The summed E-state index contributed by atoms with van der Waals surface area (Å²) in [5.74, 6) is -0.843. The molecule has 0 saturated heterocycles. The van der Waals surface area contributed by atoms with Crippen LogP contribution in [-0.4, -0.2) is 25.9 Å². The molecule has 0 aliphatic rings. The maximum atomic E-state index is 11.7. The first-order valence-corrected chi connectivity index (χ1v) is 2.99. The SMILES string of the molecule is O=[N+]([O-])c1ncn(CC(F)(F)F)n1. The highest BCUT2D eigenvalue weighted by molar-refractivity contribution is 4.96. The third kappa shape index (κ3) is 2.69. The van der Waals surface area contributed by atoms with E-state index in [1.54, 1.807) is 0 Å². The fraction of sp³-hybridized carbons (Fsp3) is 0.500. The van der Waals surface area contributed by atoms with Gasteiger partial charge in [-0.2, -0.15) is 17.9 Å². The summed E-state index contributed by atoms with van der Waals surface area (Å²) in [6, 6.07) is 0. The van der Waals surface area contributed by atoms with Crippen molar-refractivity contribution in [3.8, 4) is 0 Å². The number of nitro groups is 1. The fourth-order valence-corrected chi connectivity index (χ4v) is 0.628. The summed E-state index contributed by atoms with van der Waals surface area (Å²) >= 11 is 0. The Kier molecular flexibility index (Phi) is 2.17. The van der Waals surface area contributed by atoms with Gasteiger partial charge in [-0.25, -0.2) is 0 Å². The van der Waals surface area contributed by atoms with Crippen LogP contribution < -0.4 is 0 Å². The van der Waals surface area contributed by atoms with Crippen molar-refractivity contribution in [2.75, 3.05) is 0 Å². The lowest BCUT2D eigenvalue weighted by Crippen LogP contribution is -2.18. The third-order valence-electron chi connectivity index (χ3n) is 1.03. The van der Waals surface area contributed by atoms with Gasteiger partial charge in [-0.1, -0.05) is 4.98 Å². The molecular weight excluding hydrogens is 193 g/mol. The van der Waals surface area contributed by atoms with Gasteiger partial charge in [-0.15, -0.1) is 0 Å². The minimum atomic E-state index is -4.46. The molecule has 1 aromatic heterocycles. The first-order valence-electron chi connectivity index (χ1n) is 2.99. The molecule has 13 heavy (non-hydrogen) atoms. The van der Waals surface area contributed by atoms with Gasteiger partial charge in [0.2, 0.25) is 6.33 Å². The molecule has 0 atom stereocenters. The molecule has 0 N–H and O–H groups in total. The predicted molar refractivity (Wildman–Crippen MR) is 32.7 cm³/mol. The van der Waals surface area contributed by atoms with Gasteiger partial charge in [0.05, 0.1) is 0 Å². The zero-order valence-electron chi connectivity index (χ0n) is 6.02. The first-order chi connectivity index (χ1) is 5.88. The second-order valence-electron chi connectivity index (χ2n) is 2.11. The number of nitrogens with zero attached hydrogens (tertiary/aromatic N) is 4. The van der Waals surface area contributed by atoms with Crippen molar-refractivity contribution in [2.45, 2.75) is 12.7 Å². The Labute approximate surface area is 69.1 Å². The summed E-state index contributed by atoms with van der Waals surface area (Å²) in [7, 11) is 0. The van der Waals surface area contributed by atoms with Crippen molar-refractivity contribution in [2.24, 2.45) is 0 Å². The van der Waals surface area contributed by atoms with Crippen LogP contribution in [0.4, 0.5) is 19.1 Å². The summed E-state index contributed by atoms with van der Waals surface area (Å²) < 4.78 is 35.4. The minimum absolute atomic E-state index is 0.359. The van der Waals surface area contributed by atoms with Crippen molar-refractivity contribution in [1.82, 2.24) is 14.8 Å². The fourth-order valence-electron chi connectivity index (χ4n) is 0.628. The van der Waals surface area contributed by atoms with E-state index in [2.05, 4.69) is 10.1 Å². The molecule has 1 aromatic rings. The summed E-state index contributed by atoms with van der Waals surface area (Å²) in [4.78, 5) is 12.1. The molecule has 72 valence electrons. The van der Waals surface area contributed by atoms with E-state index in [4.69, 9.17) is 0 Å². The minimum Gasteiger partial charge on any atom is -0.390 e. The van der Waals surface area contributed by atoms with Crippen LogP contribution in [-0.2, 0) is 6.54 Å². The Bertz CT molecular complexity index is 319. The van der Waals surface area contributed by atoms with Crippen LogP contribution in [0.1, 0.15) is 0 Å². The highest BCUT2D eigenvalue weighted by Crippen LogP contribution is 2.16. The van der Waals surface area contributed by atoms with Gasteiger partial charge in [-0.3, -0.25) is 0 Å². The molecule has 0 aromatic carbocycles. The maximum absolute atomic E-state index is 11.7. The zero-order valence-corrected chi connectivity index (χ0v) is 6.02. The normalized spacial score (nSPS) is 11.6.